The van der Waals surface area contributed by atoms with Gasteiger partial charge in [0.2, 0.25) is 47.3 Å². The summed E-state index contributed by atoms with van der Waals surface area (Å²) in [5.74, 6) is -14.0. The molecule has 1 aliphatic rings. The molecule has 1 rings (SSSR count). The number of carboxylic acids is 6. The van der Waals surface area contributed by atoms with Crippen LogP contribution >= 0.6 is 21.6 Å². The first-order valence-electron chi connectivity index (χ1n) is 33.9. The van der Waals surface area contributed by atoms with E-state index in [4.69, 9.17) is 29.8 Å². The molecule has 17 N–H and O–H groups in total. The van der Waals surface area contributed by atoms with Crippen molar-refractivity contribution < 1.29 is 126 Å². The maximum atomic E-state index is 13.1. The van der Waals surface area contributed by atoms with E-state index in [1.165, 1.54) is 21.6 Å². The van der Waals surface area contributed by atoms with Gasteiger partial charge in [-0.25, -0.2) is 19.2 Å². The van der Waals surface area contributed by atoms with Crippen LogP contribution in [-0.4, -0.2) is 258 Å². The summed E-state index contributed by atoms with van der Waals surface area (Å²) in [6.07, 6.45) is 9.97. The number of aliphatic carboxylic acids is 6. The molecule has 101 heavy (non-hydrogen) atoms. The first kappa shape index (κ1) is 91.4. The SMILES string of the molecule is NC(=O)CC[C@H](NC(=O)COCCOCCNC(=O)COCCOCCNC(=O)CC[C@H](NC(=O)CC[C@H](NC(=O)CC[C@H](NC(=O)CC[C@H](NC(=O)CCCCCCCCCCCCCCCCC(=O)O)C(=O)O)C(=O)O)C(=O)O)C(=O)O)C(=O)CN[C@H]1CSSC[C@@H](C(=O)O)NCC1=O. The summed E-state index contributed by atoms with van der Waals surface area (Å²) in [7, 11) is 2.54. The molecule has 1 heterocycles. The van der Waals surface area contributed by atoms with Gasteiger partial charge in [-0.15, -0.1) is 0 Å². The molecule has 0 radical (unpaired) electrons. The van der Waals surface area contributed by atoms with Crippen LogP contribution in [0, 0.1) is 0 Å². The molecule has 1 saturated heterocycles. The first-order chi connectivity index (χ1) is 48.2. The molecule has 574 valence electrons. The molecule has 38 heteroatoms. The van der Waals surface area contributed by atoms with Crippen molar-refractivity contribution in [3.05, 3.63) is 0 Å². The number of hydrogen-bond donors (Lipinski definition) is 16. The van der Waals surface area contributed by atoms with Crippen LogP contribution in [0.5, 0.6) is 0 Å². The Morgan fingerprint density at radius 1 is 0.416 bits per heavy atom. The van der Waals surface area contributed by atoms with Crippen molar-refractivity contribution in [2.45, 2.75) is 209 Å². The van der Waals surface area contributed by atoms with Gasteiger partial charge in [0.25, 0.3) is 0 Å². The number of carbonyl (C=O) groups excluding carboxylic acids is 10. The lowest BCUT2D eigenvalue weighted by atomic mass is 10.0. The Morgan fingerprint density at radius 3 is 1.19 bits per heavy atom. The van der Waals surface area contributed by atoms with E-state index in [0.717, 1.165) is 83.5 Å². The van der Waals surface area contributed by atoms with Gasteiger partial charge in [0.05, 0.1) is 64.8 Å². The van der Waals surface area contributed by atoms with Crippen molar-refractivity contribution in [1.82, 2.24) is 47.9 Å². The minimum absolute atomic E-state index is 0.00284. The van der Waals surface area contributed by atoms with E-state index in [1.54, 1.807) is 0 Å². The molecule has 1 aliphatic heterocycles. The Morgan fingerprint density at radius 2 is 0.772 bits per heavy atom. The van der Waals surface area contributed by atoms with Crippen LogP contribution in [0.1, 0.15) is 167 Å². The predicted molar refractivity (Wildman–Crippen MR) is 363 cm³/mol. The largest absolute Gasteiger partial charge is 0.481 e. The molecule has 36 nitrogen and oxygen atoms in total. The van der Waals surface area contributed by atoms with E-state index in [2.05, 4.69) is 47.9 Å². The van der Waals surface area contributed by atoms with E-state index < -0.39 is 170 Å². The number of amides is 8. The van der Waals surface area contributed by atoms with Gasteiger partial charge in [0, 0.05) is 69.5 Å². The Hall–Kier alpha value is -7.62. The second-order valence-electron chi connectivity index (χ2n) is 23.7. The molecule has 1 fully saturated rings. The van der Waals surface area contributed by atoms with Crippen LogP contribution < -0.4 is 53.6 Å². The summed E-state index contributed by atoms with van der Waals surface area (Å²) in [4.78, 5) is 195. The lowest BCUT2D eigenvalue weighted by Gasteiger charge is -2.20. The fourth-order valence-electron chi connectivity index (χ4n) is 9.56. The van der Waals surface area contributed by atoms with Gasteiger partial charge in [-0.05, 0) is 44.9 Å². The zero-order valence-corrected chi connectivity index (χ0v) is 58.7. The highest BCUT2D eigenvalue weighted by molar-refractivity contribution is 8.76. The van der Waals surface area contributed by atoms with Gasteiger partial charge in [-0.2, -0.15) is 0 Å². The van der Waals surface area contributed by atoms with Crippen molar-refractivity contribution in [2.24, 2.45) is 5.73 Å². The number of carbonyl (C=O) groups is 16. The molecule has 0 bridgehead atoms. The van der Waals surface area contributed by atoms with E-state index in [-0.39, 0.29) is 135 Å². The van der Waals surface area contributed by atoms with Crippen LogP contribution in [0.15, 0.2) is 0 Å². The fourth-order valence-corrected chi connectivity index (χ4v) is 12.0. The van der Waals surface area contributed by atoms with Gasteiger partial charge in [-0.3, -0.25) is 68.2 Å². The summed E-state index contributed by atoms with van der Waals surface area (Å²) in [6.45, 7) is -1.11. The number of unbranched alkanes of at least 4 members (excludes halogenated alkanes) is 13. The Balaban J connectivity index is 2.27. The van der Waals surface area contributed by atoms with Crippen LogP contribution in [0.2, 0.25) is 0 Å². The minimum Gasteiger partial charge on any atom is -0.481 e. The molecular formula is C63H104N10O26S2. The Bertz CT molecular complexity index is 2630. The fraction of sp³-hybridized carbons (Fsp3) is 0.746. The van der Waals surface area contributed by atoms with Crippen LogP contribution in [-0.2, 0) is 95.7 Å². The van der Waals surface area contributed by atoms with Crippen LogP contribution in [0.25, 0.3) is 0 Å². The van der Waals surface area contributed by atoms with Gasteiger partial charge in [0.1, 0.15) is 43.4 Å². The van der Waals surface area contributed by atoms with E-state index in [1.807, 2.05) is 0 Å². The highest BCUT2D eigenvalue weighted by Crippen LogP contribution is 2.24. The topological polar surface area (TPSA) is 566 Å². The van der Waals surface area contributed by atoms with Gasteiger partial charge in [-0.1, -0.05) is 98.6 Å². The third-order valence-corrected chi connectivity index (χ3v) is 17.7. The molecule has 0 spiro atoms. The summed E-state index contributed by atoms with van der Waals surface area (Å²) >= 11 is 0. The number of ether oxygens (including phenoxy) is 4. The average molecular weight is 1480 g/mol. The summed E-state index contributed by atoms with van der Waals surface area (Å²) in [6, 6.07) is -9.18. The Labute approximate surface area is 593 Å². The number of Topliss-reactive ketones (excluding diaryl/α,β-unsaturated/α-hetero) is 2. The van der Waals surface area contributed by atoms with Crippen molar-refractivity contribution in [3.63, 3.8) is 0 Å². The standard InChI is InChI=1S/C63H104N10O26S2/c64-50(76)22-17-41(48(74)35-67-46-39-100-101-40-47(63(94)95)68-36-49(46)75)69-57(83)38-99-34-32-97-30-28-66-56(82)37-98-33-31-96-29-27-65-51(77)23-18-42(59(86)87)71-53(79)25-20-44(61(90)91)73-55(81)26-21-45(62(92)93)72-54(80)24-19-43(60(88)89)70-52(78)15-13-11-9-7-5-3-1-2-4-6-8-10-12-14-16-58(84)85/h41-47,67-68H,1-40H2,(H2,64,76)(H,65,77)(H,66,82)(H,69,83)(H,70,78)(H,71,79)(H,72,80)(H,73,81)(H,84,85)(H,86,87)(H,88,89)(H,90,91)(H,92,93)(H,94,95)/t41-,42-,43-,44-,45-,46-,47-/m0/s1. The number of rotatable bonds is 62. The van der Waals surface area contributed by atoms with E-state index in [9.17, 15) is 102 Å². The number of ketones is 2. The number of primary amides is 1. The summed E-state index contributed by atoms with van der Waals surface area (Å²) < 4.78 is 21.3. The maximum Gasteiger partial charge on any atom is 0.326 e. The highest BCUT2D eigenvalue weighted by Gasteiger charge is 2.30. The zero-order chi connectivity index (χ0) is 75.2. The third-order valence-electron chi connectivity index (χ3n) is 15.3. The molecule has 0 unspecified atom stereocenters. The van der Waals surface area contributed by atoms with Crippen molar-refractivity contribution in [3.8, 4) is 0 Å². The van der Waals surface area contributed by atoms with E-state index in [0.29, 0.717) is 6.42 Å². The predicted octanol–water partition coefficient (Wildman–Crippen LogP) is -0.706. The van der Waals surface area contributed by atoms with Gasteiger partial charge in [0.15, 0.2) is 11.6 Å². The second kappa shape index (κ2) is 57.0. The molecule has 7 atom stereocenters. The number of nitrogens with two attached hydrogens (primary N) is 1. The van der Waals surface area contributed by atoms with Gasteiger partial charge < -0.3 is 92.5 Å². The third kappa shape index (κ3) is 49.6. The first-order valence-corrected chi connectivity index (χ1v) is 36.4. The van der Waals surface area contributed by atoms with E-state index >= 15 is 0 Å². The summed E-state index contributed by atoms with van der Waals surface area (Å²) in [5.41, 5.74) is 5.25. The Kier molecular flexibility index (Phi) is 51.5. The second-order valence-corrected chi connectivity index (χ2v) is 26.2. The molecule has 0 saturated carbocycles. The average Bonchev–Trinajstić information content (AvgIpc) is 1.87. The normalized spacial score (nSPS) is 15.3. The van der Waals surface area contributed by atoms with Crippen molar-refractivity contribution in [1.29, 1.82) is 0 Å². The number of nitrogens with one attached hydrogen (secondary N) is 9. The number of hydrogen-bond acceptors (Lipinski definition) is 24. The van der Waals surface area contributed by atoms with Crippen LogP contribution in [0.4, 0.5) is 0 Å². The molecule has 0 aliphatic carbocycles. The number of carboxylic acid groups (broad SMARTS) is 6. The molecule has 0 aromatic carbocycles. The lowest BCUT2D eigenvalue weighted by molar-refractivity contribution is -0.144. The minimum atomic E-state index is -1.69. The lowest BCUT2D eigenvalue weighted by Crippen LogP contribution is -2.51. The smallest absolute Gasteiger partial charge is 0.326 e. The zero-order valence-electron chi connectivity index (χ0n) is 57.1. The molecule has 0 aromatic rings. The quantitative estimate of drug-likeness (QED) is 0.0264. The van der Waals surface area contributed by atoms with Crippen molar-refractivity contribution >= 4 is 116 Å². The molecule has 0 aromatic heterocycles. The summed E-state index contributed by atoms with van der Waals surface area (Å²) in [5, 5.41) is 78.8. The van der Waals surface area contributed by atoms with Gasteiger partial charge >= 0.3 is 35.8 Å². The van der Waals surface area contributed by atoms with Crippen molar-refractivity contribution in [2.75, 3.05) is 90.5 Å². The monoisotopic (exact) mass is 1480 g/mol. The molecular weight excluding hydrogens is 1380 g/mol. The molecule has 8 amide bonds. The van der Waals surface area contributed by atoms with Crippen LogP contribution in [0.3, 0.4) is 0 Å². The maximum absolute atomic E-state index is 13.1. The highest BCUT2D eigenvalue weighted by atomic mass is 33.1.